The van der Waals surface area contributed by atoms with Gasteiger partial charge in [-0.15, -0.1) is 0 Å². The van der Waals surface area contributed by atoms with Crippen molar-refractivity contribution in [1.82, 2.24) is 0 Å². The van der Waals surface area contributed by atoms with E-state index in [2.05, 4.69) is 27.7 Å². The third-order valence-corrected chi connectivity index (χ3v) is 5.17. The molecule has 2 aliphatic carbocycles. The van der Waals surface area contributed by atoms with Crippen LogP contribution in [0.25, 0.3) is 0 Å². The van der Waals surface area contributed by atoms with Crippen LogP contribution in [0.3, 0.4) is 0 Å². The third kappa shape index (κ3) is 2.61. The molecule has 3 atom stereocenters. The van der Waals surface area contributed by atoms with Crippen LogP contribution in [-0.4, -0.2) is 6.04 Å². The molecule has 0 spiro atoms. The molecule has 2 saturated carbocycles. The van der Waals surface area contributed by atoms with Crippen molar-refractivity contribution in [2.45, 2.75) is 65.8 Å². The Bertz CT molecular complexity index is 230. The van der Waals surface area contributed by atoms with Crippen molar-refractivity contribution in [2.24, 2.45) is 34.8 Å². The molecule has 0 aromatic heterocycles. The lowest BCUT2D eigenvalue weighted by atomic mass is 9.69. The molecule has 2 fully saturated rings. The fourth-order valence-electron chi connectivity index (χ4n) is 3.80. The molecule has 2 N–H and O–H groups in total. The lowest BCUT2D eigenvalue weighted by Gasteiger charge is -2.37. The predicted molar refractivity (Wildman–Crippen MR) is 70.1 cm³/mol. The van der Waals surface area contributed by atoms with Gasteiger partial charge >= 0.3 is 0 Å². The van der Waals surface area contributed by atoms with Crippen LogP contribution in [0.15, 0.2) is 0 Å². The third-order valence-electron chi connectivity index (χ3n) is 5.17. The topological polar surface area (TPSA) is 26.0 Å². The Morgan fingerprint density at radius 1 is 1.06 bits per heavy atom. The molecule has 2 rings (SSSR count). The second kappa shape index (κ2) is 4.33. The Morgan fingerprint density at radius 2 is 1.62 bits per heavy atom. The first-order chi connectivity index (χ1) is 7.39. The van der Waals surface area contributed by atoms with Gasteiger partial charge in [-0.2, -0.15) is 0 Å². The molecule has 0 aliphatic heterocycles. The zero-order valence-electron chi connectivity index (χ0n) is 11.5. The highest BCUT2D eigenvalue weighted by atomic mass is 14.7. The van der Waals surface area contributed by atoms with Crippen molar-refractivity contribution in [1.29, 1.82) is 0 Å². The number of hydrogen-bond donors (Lipinski definition) is 1. The summed E-state index contributed by atoms with van der Waals surface area (Å²) in [6.45, 7) is 9.39. The highest BCUT2D eigenvalue weighted by molar-refractivity contribution is 4.97. The van der Waals surface area contributed by atoms with Crippen LogP contribution in [0.2, 0.25) is 0 Å². The Labute approximate surface area is 101 Å². The minimum absolute atomic E-state index is 0.435. The van der Waals surface area contributed by atoms with Gasteiger partial charge in [-0.1, -0.05) is 20.8 Å². The Balaban J connectivity index is 1.79. The molecule has 3 unspecified atom stereocenters. The van der Waals surface area contributed by atoms with E-state index in [1.165, 1.54) is 32.1 Å². The summed E-state index contributed by atoms with van der Waals surface area (Å²) in [5, 5.41) is 0. The summed E-state index contributed by atoms with van der Waals surface area (Å²) >= 11 is 0. The monoisotopic (exact) mass is 223 g/mol. The molecule has 0 bridgehead atoms. The summed E-state index contributed by atoms with van der Waals surface area (Å²) in [5.41, 5.74) is 6.51. The van der Waals surface area contributed by atoms with Gasteiger partial charge in [0.15, 0.2) is 0 Å². The van der Waals surface area contributed by atoms with E-state index in [-0.39, 0.29) is 0 Å². The van der Waals surface area contributed by atoms with Gasteiger partial charge < -0.3 is 5.73 Å². The zero-order chi connectivity index (χ0) is 11.9. The fraction of sp³-hybridized carbons (Fsp3) is 1.00. The van der Waals surface area contributed by atoms with E-state index in [1.54, 1.807) is 0 Å². The maximum atomic E-state index is 5.99. The Morgan fingerprint density at radius 3 is 2.00 bits per heavy atom. The molecule has 0 saturated heterocycles. The first kappa shape index (κ1) is 12.4. The smallest absolute Gasteiger partial charge is 0.00416 e. The van der Waals surface area contributed by atoms with Crippen LogP contribution < -0.4 is 5.73 Å². The molecule has 0 amide bonds. The van der Waals surface area contributed by atoms with Gasteiger partial charge in [-0.25, -0.2) is 0 Å². The van der Waals surface area contributed by atoms with E-state index in [4.69, 9.17) is 5.73 Å². The summed E-state index contributed by atoms with van der Waals surface area (Å²) in [5.74, 6) is 3.81. The maximum Gasteiger partial charge on any atom is 0.00416 e. The lowest BCUT2D eigenvalue weighted by Crippen LogP contribution is -2.27. The average molecular weight is 223 g/mol. The van der Waals surface area contributed by atoms with Gasteiger partial charge in [0.25, 0.3) is 0 Å². The SMILES string of the molecule is CC(N)C1CC1C1CCC(C(C)(C)C)CC1. The highest BCUT2D eigenvalue weighted by Crippen LogP contribution is 2.52. The van der Waals surface area contributed by atoms with Crippen molar-refractivity contribution < 1.29 is 0 Å². The second-order valence-electron chi connectivity index (χ2n) is 7.40. The highest BCUT2D eigenvalue weighted by Gasteiger charge is 2.45. The van der Waals surface area contributed by atoms with Crippen molar-refractivity contribution in [3.63, 3.8) is 0 Å². The Kier molecular flexibility index (Phi) is 3.36. The standard InChI is InChI=1S/C15H29N/c1-10(16)13-9-14(13)11-5-7-12(8-6-11)15(2,3)4/h10-14H,5-9,16H2,1-4H3. The van der Waals surface area contributed by atoms with Crippen molar-refractivity contribution in [3.05, 3.63) is 0 Å². The molecule has 16 heavy (non-hydrogen) atoms. The van der Waals surface area contributed by atoms with Crippen LogP contribution in [0.1, 0.15) is 59.8 Å². The van der Waals surface area contributed by atoms with E-state index in [0.29, 0.717) is 11.5 Å². The minimum Gasteiger partial charge on any atom is -0.328 e. The summed E-state index contributed by atoms with van der Waals surface area (Å²) < 4.78 is 0. The molecule has 94 valence electrons. The van der Waals surface area contributed by atoms with Gasteiger partial charge in [0.2, 0.25) is 0 Å². The molecule has 0 heterocycles. The van der Waals surface area contributed by atoms with Gasteiger partial charge in [-0.3, -0.25) is 0 Å². The van der Waals surface area contributed by atoms with Crippen LogP contribution in [0.4, 0.5) is 0 Å². The van der Waals surface area contributed by atoms with Crippen LogP contribution in [0, 0.1) is 29.1 Å². The quantitative estimate of drug-likeness (QED) is 0.756. The molecule has 1 nitrogen and oxygen atoms in total. The second-order valence-corrected chi connectivity index (χ2v) is 7.40. The zero-order valence-corrected chi connectivity index (χ0v) is 11.5. The van der Waals surface area contributed by atoms with Gasteiger partial charge in [0.1, 0.15) is 0 Å². The first-order valence-corrected chi connectivity index (χ1v) is 7.15. The van der Waals surface area contributed by atoms with Crippen molar-refractivity contribution >= 4 is 0 Å². The first-order valence-electron chi connectivity index (χ1n) is 7.15. The summed E-state index contributed by atoms with van der Waals surface area (Å²) in [6.07, 6.45) is 7.26. The number of hydrogen-bond acceptors (Lipinski definition) is 1. The summed E-state index contributed by atoms with van der Waals surface area (Å²) in [4.78, 5) is 0. The van der Waals surface area contributed by atoms with Crippen molar-refractivity contribution in [3.8, 4) is 0 Å². The van der Waals surface area contributed by atoms with Gasteiger partial charge in [0.05, 0.1) is 0 Å². The molecular weight excluding hydrogens is 194 g/mol. The fourth-order valence-corrected chi connectivity index (χ4v) is 3.80. The number of rotatable bonds is 2. The van der Waals surface area contributed by atoms with E-state index in [1.807, 2.05) is 0 Å². The van der Waals surface area contributed by atoms with Gasteiger partial charge in [0, 0.05) is 6.04 Å². The van der Waals surface area contributed by atoms with Crippen LogP contribution >= 0.6 is 0 Å². The van der Waals surface area contributed by atoms with E-state index >= 15 is 0 Å². The minimum atomic E-state index is 0.435. The molecule has 2 aliphatic rings. The molecule has 1 heteroatoms. The Hall–Kier alpha value is -0.0400. The van der Waals surface area contributed by atoms with E-state index in [9.17, 15) is 0 Å². The molecular formula is C15H29N. The maximum absolute atomic E-state index is 5.99. The van der Waals surface area contributed by atoms with Gasteiger partial charge in [-0.05, 0) is 68.1 Å². The van der Waals surface area contributed by atoms with Crippen LogP contribution in [0.5, 0.6) is 0 Å². The average Bonchev–Trinajstić information content (AvgIpc) is 2.96. The molecule has 0 aromatic rings. The summed E-state index contributed by atoms with van der Waals surface area (Å²) in [7, 11) is 0. The van der Waals surface area contributed by atoms with Crippen LogP contribution in [-0.2, 0) is 0 Å². The number of nitrogens with two attached hydrogens (primary N) is 1. The summed E-state index contributed by atoms with van der Waals surface area (Å²) in [6, 6.07) is 0.435. The largest absolute Gasteiger partial charge is 0.328 e. The molecule has 0 radical (unpaired) electrons. The van der Waals surface area contributed by atoms with E-state index < -0.39 is 0 Å². The predicted octanol–water partition coefficient (Wildman–Crippen LogP) is 3.82. The lowest BCUT2D eigenvalue weighted by molar-refractivity contribution is 0.139. The van der Waals surface area contributed by atoms with E-state index in [0.717, 1.165) is 23.7 Å². The normalized spacial score (nSPS) is 41.8. The van der Waals surface area contributed by atoms with Crippen molar-refractivity contribution in [2.75, 3.05) is 0 Å². The molecule has 0 aromatic carbocycles.